The van der Waals surface area contributed by atoms with Gasteiger partial charge in [-0.05, 0) is 47.9 Å². The van der Waals surface area contributed by atoms with Gasteiger partial charge >= 0.3 is 0 Å². The first kappa shape index (κ1) is 17.1. The van der Waals surface area contributed by atoms with Gasteiger partial charge < -0.3 is 0 Å². The molecule has 0 atom stereocenters. The predicted octanol–water partition coefficient (Wildman–Crippen LogP) is 3.58. The zero-order valence-corrected chi connectivity index (χ0v) is 15.7. The van der Waals surface area contributed by atoms with Gasteiger partial charge in [0.05, 0.1) is 5.69 Å². The molecule has 5 rings (SSSR count). The molecule has 138 valence electrons. The van der Waals surface area contributed by atoms with Crippen LogP contribution in [-0.4, -0.2) is 39.5 Å². The van der Waals surface area contributed by atoms with E-state index < -0.39 is 0 Å². The highest BCUT2D eigenvalue weighted by molar-refractivity contribution is 7.03. The van der Waals surface area contributed by atoms with Gasteiger partial charge in [0.2, 0.25) is 0 Å². The van der Waals surface area contributed by atoms with Crippen molar-refractivity contribution in [3.05, 3.63) is 72.6 Å². The molecule has 0 unspecified atom stereocenters. The molecule has 29 heavy (non-hydrogen) atoms. The quantitative estimate of drug-likeness (QED) is 0.454. The number of nitrogens with zero attached hydrogens (tertiary/aromatic N) is 8. The Bertz CT molecular complexity index is 1230. The van der Waals surface area contributed by atoms with Crippen LogP contribution in [0.2, 0.25) is 0 Å². The third-order valence-corrected chi connectivity index (χ3v) is 4.64. The molecule has 8 nitrogen and oxygen atoms in total. The number of hydrogen-bond donors (Lipinski definition) is 0. The SMILES string of the molecule is c1ccc(-c2nc(-c3cccnn3)c(-c3ncccn3)nc2-c2ccsn2)nc1. The fourth-order valence-electron chi connectivity index (χ4n) is 2.81. The van der Waals surface area contributed by atoms with E-state index in [9.17, 15) is 0 Å². The Labute approximate surface area is 169 Å². The lowest BCUT2D eigenvalue weighted by molar-refractivity contribution is 1.02. The summed E-state index contributed by atoms with van der Waals surface area (Å²) >= 11 is 1.35. The van der Waals surface area contributed by atoms with Gasteiger partial charge in [-0.3, -0.25) is 4.98 Å². The second kappa shape index (κ2) is 7.56. The van der Waals surface area contributed by atoms with Crippen molar-refractivity contribution in [3.8, 4) is 45.7 Å². The molecule has 0 bridgehead atoms. The summed E-state index contributed by atoms with van der Waals surface area (Å²) in [6, 6.07) is 12.9. The van der Waals surface area contributed by atoms with Crippen molar-refractivity contribution >= 4 is 11.5 Å². The minimum absolute atomic E-state index is 0.449. The summed E-state index contributed by atoms with van der Waals surface area (Å²) in [7, 11) is 0. The lowest BCUT2D eigenvalue weighted by Gasteiger charge is -2.12. The molecule has 5 aromatic rings. The second-order valence-electron chi connectivity index (χ2n) is 5.90. The third kappa shape index (κ3) is 3.34. The maximum Gasteiger partial charge on any atom is 0.180 e. The molecule has 9 heteroatoms. The number of pyridine rings is 1. The molecule has 0 radical (unpaired) electrons. The first-order valence-corrected chi connectivity index (χ1v) is 9.53. The Balaban J connectivity index is 1.84. The summed E-state index contributed by atoms with van der Waals surface area (Å²) in [5.74, 6) is 0.449. The molecular weight excluding hydrogens is 384 g/mol. The zero-order valence-electron chi connectivity index (χ0n) is 14.9. The predicted molar refractivity (Wildman–Crippen MR) is 108 cm³/mol. The van der Waals surface area contributed by atoms with Crippen molar-refractivity contribution < 1.29 is 0 Å². The Morgan fingerprint density at radius 3 is 2.07 bits per heavy atom. The van der Waals surface area contributed by atoms with Gasteiger partial charge in [0.25, 0.3) is 0 Å². The monoisotopic (exact) mass is 396 g/mol. The van der Waals surface area contributed by atoms with E-state index in [1.54, 1.807) is 36.9 Å². The lowest BCUT2D eigenvalue weighted by Crippen LogP contribution is -2.04. The van der Waals surface area contributed by atoms with Gasteiger partial charge in [0.1, 0.15) is 34.2 Å². The highest BCUT2D eigenvalue weighted by Crippen LogP contribution is 2.34. The van der Waals surface area contributed by atoms with Crippen LogP contribution in [-0.2, 0) is 0 Å². The summed E-state index contributed by atoms with van der Waals surface area (Å²) in [5, 5.41) is 10.1. The maximum atomic E-state index is 4.90. The van der Waals surface area contributed by atoms with E-state index in [0.717, 1.165) is 0 Å². The molecule has 5 heterocycles. The molecule has 0 aliphatic heterocycles. The van der Waals surface area contributed by atoms with E-state index in [2.05, 4.69) is 29.5 Å². The Kier molecular flexibility index (Phi) is 4.47. The lowest BCUT2D eigenvalue weighted by atomic mass is 10.1. The standard InChI is InChI=1S/C20H12N8S/c1-2-8-21-13(5-1)16-18(15-7-12-29-28-15)26-19(20-22-9-4-10-23-20)17(25-16)14-6-3-11-24-27-14/h1-12H. The van der Waals surface area contributed by atoms with Crippen molar-refractivity contribution in [2.24, 2.45) is 0 Å². The zero-order chi connectivity index (χ0) is 19.5. The molecule has 0 aliphatic carbocycles. The van der Waals surface area contributed by atoms with Crippen LogP contribution in [0.3, 0.4) is 0 Å². The van der Waals surface area contributed by atoms with Crippen LogP contribution < -0.4 is 0 Å². The van der Waals surface area contributed by atoms with Gasteiger partial charge in [0, 0.05) is 30.2 Å². The van der Waals surface area contributed by atoms with Crippen LogP contribution in [0.25, 0.3) is 45.7 Å². The molecule has 0 aliphatic rings. The molecule has 0 saturated carbocycles. The van der Waals surface area contributed by atoms with Crippen LogP contribution in [0.15, 0.2) is 72.6 Å². The van der Waals surface area contributed by atoms with Gasteiger partial charge in [-0.15, -0.1) is 5.10 Å². The third-order valence-electron chi connectivity index (χ3n) is 4.08. The van der Waals surface area contributed by atoms with Crippen molar-refractivity contribution in [3.63, 3.8) is 0 Å². The molecular formula is C20H12N8S. The summed E-state index contributed by atoms with van der Waals surface area (Å²) in [5.41, 5.74) is 4.23. The molecule has 0 fully saturated rings. The fraction of sp³-hybridized carbons (Fsp3) is 0. The van der Waals surface area contributed by atoms with Crippen molar-refractivity contribution in [2.45, 2.75) is 0 Å². The minimum Gasteiger partial charge on any atom is -0.255 e. The van der Waals surface area contributed by atoms with E-state index in [0.29, 0.717) is 45.7 Å². The maximum absolute atomic E-state index is 4.90. The topological polar surface area (TPSA) is 103 Å². The van der Waals surface area contributed by atoms with Crippen molar-refractivity contribution in [1.82, 2.24) is 39.5 Å². The van der Waals surface area contributed by atoms with Crippen LogP contribution in [0.1, 0.15) is 0 Å². The van der Waals surface area contributed by atoms with Crippen LogP contribution in [0, 0.1) is 0 Å². The highest BCUT2D eigenvalue weighted by Gasteiger charge is 2.22. The molecule has 0 N–H and O–H groups in total. The minimum atomic E-state index is 0.449. The first-order valence-electron chi connectivity index (χ1n) is 8.70. The smallest absolute Gasteiger partial charge is 0.180 e. The van der Waals surface area contributed by atoms with E-state index in [1.165, 1.54) is 11.5 Å². The van der Waals surface area contributed by atoms with Crippen LogP contribution in [0.5, 0.6) is 0 Å². The van der Waals surface area contributed by atoms with E-state index >= 15 is 0 Å². The fourth-order valence-corrected chi connectivity index (χ4v) is 3.33. The van der Waals surface area contributed by atoms with Crippen molar-refractivity contribution in [1.29, 1.82) is 0 Å². The van der Waals surface area contributed by atoms with Gasteiger partial charge in [-0.1, -0.05) is 6.07 Å². The normalized spacial score (nSPS) is 10.8. The average Bonchev–Trinajstić information content (AvgIpc) is 3.35. The van der Waals surface area contributed by atoms with Gasteiger partial charge in [-0.2, -0.15) is 9.47 Å². The molecule has 0 spiro atoms. The molecule has 0 saturated heterocycles. The first-order chi connectivity index (χ1) is 14.4. The van der Waals surface area contributed by atoms with E-state index in [-0.39, 0.29) is 0 Å². The van der Waals surface area contributed by atoms with Crippen molar-refractivity contribution in [2.75, 3.05) is 0 Å². The summed E-state index contributed by atoms with van der Waals surface area (Å²) in [4.78, 5) is 23.0. The van der Waals surface area contributed by atoms with E-state index in [4.69, 9.17) is 9.97 Å². The Morgan fingerprint density at radius 1 is 0.586 bits per heavy atom. The number of rotatable bonds is 4. The van der Waals surface area contributed by atoms with E-state index in [1.807, 2.05) is 35.7 Å². The second-order valence-corrected chi connectivity index (χ2v) is 6.56. The number of hydrogen-bond acceptors (Lipinski definition) is 9. The average molecular weight is 396 g/mol. The molecule has 5 aromatic heterocycles. The van der Waals surface area contributed by atoms with Crippen LogP contribution >= 0.6 is 11.5 Å². The summed E-state index contributed by atoms with van der Waals surface area (Å²) < 4.78 is 4.45. The highest BCUT2D eigenvalue weighted by atomic mass is 32.1. The van der Waals surface area contributed by atoms with Gasteiger partial charge in [-0.25, -0.2) is 19.9 Å². The van der Waals surface area contributed by atoms with Crippen LogP contribution in [0.4, 0.5) is 0 Å². The van der Waals surface area contributed by atoms with Gasteiger partial charge in [0.15, 0.2) is 5.82 Å². The molecule has 0 aromatic carbocycles. The number of aromatic nitrogens is 8. The summed E-state index contributed by atoms with van der Waals surface area (Å²) in [6.45, 7) is 0. The Morgan fingerprint density at radius 2 is 1.34 bits per heavy atom. The summed E-state index contributed by atoms with van der Waals surface area (Å²) in [6.07, 6.45) is 6.66. The largest absolute Gasteiger partial charge is 0.255 e. The Hall–Kier alpha value is -3.98. The molecule has 0 amide bonds.